The average Bonchev–Trinajstić information content (AvgIpc) is 2.86. The molecule has 206 valence electrons. The van der Waals surface area contributed by atoms with Crippen molar-refractivity contribution in [2.45, 2.75) is 106 Å². The summed E-state index contributed by atoms with van der Waals surface area (Å²) < 4.78 is 26.5. The first-order chi connectivity index (χ1) is 16.7. The van der Waals surface area contributed by atoms with Crippen LogP contribution >= 0.6 is 0 Å². The maximum Gasteiger partial charge on any atom is 0.305 e. The third-order valence-electron chi connectivity index (χ3n) is 6.25. The first-order valence-corrected chi connectivity index (χ1v) is 12.0. The summed E-state index contributed by atoms with van der Waals surface area (Å²) >= 11 is 0. The van der Waals surface area contributed by atoms with Crippen molar-refractivity contribution in [3.63, 3.8) is 0 Å². The lowest BCUT2D eigenvalue weighted by Crippen LogP contribution is -2.64. The van der Waals surface area contributed by atoms with Crippen molar-refractivity contribution in [3.05, 3.63) is 0 Å². The molecule has 10 atom stereocenters. The minimum atomic E-state index is -1.72. The quantitative estimate of drug-likeness (QED) is 0.0953. The summed E-state index contributed by atoms with van der Waals surface area (Å²) in [6.45, 7) is -1.03. The number of hydrogen-bond acceptors (Lipinski definition) is 13. The Bertz CT molecular complexity index is 604. The Labute approximate surface area is 204 Å². The highest BCUT2D eigenvalue weighted by molar-refractivity contribution is 5.68. The second-order valence-electron chi connectivity index (χ2n) is 8.82. The van der Waals surface area contributed by atoms with E-state index in [0.717, 1.165) is 32.1 Å². The molecular formula is C22H40O13. The van der Waals surface area contributed by atoms with E-state index >= 15 is 0 Å². The topological polar surface area (TPSA) is 205 Å². The fourth-order valence-corrected chi connectivity index (χ4v) is 4.07. The molecule has 0 aromatic heterocycles. The Morgan fingerprint density at radius 1 is 0.714 bits per heavy atom. The summed E-state index contributed by atoms with van der Waals surface area (Å²) in [5.74, 6) is -0.214. The highest BCUT2D eigenvalue weighted by atomic mass is 16.7. The number of aliphatic hydroxyl groups is 7. The van der Waals surface area contributed by atoms with Gasteiger partial charge >= 0.3 is 5.97 Å². The van der Waals surface area contributed by atoms with Crippen molar-refractivity contribution < 1.29 is 64.2 Å². The van der Waals surface area contributed by atoms with Crippen molar-refractivity contribution in [2.24, 2.45) is 0 Å². The van der Waals surface area contributed by atoms with Gasteiger partial charge in [0, 0.05) is 13.0 Å². The molecule has 0 radical (unpaired) electrons. The zero-order valence-electron chi connectivity index (χ0n) is 19.9. The van der Waals surface area contributed by atoms with E-state index in [4.69, 9.17) is 18.9 Å². The lowest BCUT2D eigenvalue weighted by atomic mass is 9.97. The Morgan fingerprint density at radius 3 is 1.91 bits per heavy atom. The van der Waals surface area contributed by atoms with Gasteiger partial charge in [0.2, 0.25) is 0 Å². The van der Waals surface area contributed by atoms with Crippen LogP contribution in [0, 0.1) is 0 Å². The first kappa shape index (κ1) is 30.3. The minimum absolute atomic E-state index is 0.214. The molecule has 2 fully saturated rings. The lowest BCUT2D eigenvalue weighted by molar-refractivity contribution is -0.359. The van der Waals surface area contributed by atoms with Crippen LogP contribution in [0.5, 0.6) is 0 Å². The number of aliphatic hydroxyl groups excluding tert-OH is 7. The van der Waals surface area contributed by atoms with Gasteiger partial charge < -0.3 is 59.4 Å². The second-order valence-corrected chi connectivity index (χ2v) is 8.82. The van der Waals surface area contributed by atoms with Crippen LogP contribution in [-0.4, -0.2) is 130 Å². The summed E-state index contributed by atoms with van der Waals surface area (Å²) in [6, 6.07) is 0. The fraction of sp³-hybridized carbons (Fsp3) is 0.955. The third kappa shape index (κ3) is 8.54. The Morgan fingerprint density at radius 2 is 1.29 bits per heavy atom. The van der Waals surface area contributed by atoms with E-state index < -0.39 is 74.6 Å². The number of hydrogen-bond donors (Lipinski definition) is 7. The zero-order chi connectivity index (χ0) is 26.0. The van der Waals surface area contributed by atoms with Crippen molar-refractivity contribution in [1.82, 2.24) is 0 Å². The monoisotopic (exact) mass is 512 g/mol. The molecule has 0 bridgehead atoms. The van der Waals surface area contributed by atoms with Crippen LogP contribution in [-0.2, 0) is 28.5 Å². The Balaban J connectivity index is 1.77. The van der Waals surface area contributed by atoms with E-state index in [-0.39, 0.29) is 12.6 Å². The standard InChI is InChI=1S/C22H40O13/c1-31-14(25)8-6-4-2-3-5-7-9-32-21-19(30)17(28)20(13(11-24)34-21)35-22-18(29)16(27)15(26)12(10-23)33-22/h12-13,15-24,26-30H,2-11H2,1H3/t12-,13-,15+,16+,17-,18-,19-,20-,21+,22+/m1/s1. The van der Waals surface area contributed by atoms with Gasteiger partial charge in [-0.2, -0.15) is 0 Å². The van der Waals surface area contributed by atoms with Gasteiger partial charge in [0.15, 0.2) is 12.6 Å². The maximum absolute atomic E-state index is 11.1. The Hall–Kier alpha value is -0.970. The van der Waals surface area contributed by atoms with Crippen LogP contribution in [0.15, 0.2) is 0 Å². The molecule has 13 nitrogen and oxygen atoms in total. The molecule has 0 aliphatic carbocycles. The van der Waals surface area contributed by atoms with Gasteiger partial charge in [0.25, 0.3) is 0 Å². The fourth-order valence-electron chi connectivity index (χ4n) is 4.07. The van der Waals surface area contributed by atoms with E-state index in [1.54, 1.807) is 0 Å². The van der Waals surface area contributed by atoms with Crippen LogP contribution in [0.1, 0.15) is 44.9 Å². The minimum Gasteiger partial charge on any atom is -0.469 e. The molecule has 0 spiro atoms. The summed E-state index contributed by atoms with van der Waals surface area (Å²) in [6.07, 6.45) is -9.11. The van der Waals surface area contributed by atoms with E-state index in [9.17, 15) is 40.5 Å². The number of ether oxygens (including phenoxy) is 5. The number of rotatable bonds is 14. The molecule has 2 saturated heterocycles. The normalized spacial score (nSPS) is 37.8. The van der Waals surface area contributed by atoms with E-state index in [1.807, 2.05) is 0 Å². The predicted molar refractivity (Wildman–Crippen MR) is 117 cm³/mol. The zero-order valence-corrected chi connectivity index (χ0v) is 19.9. The summed E-state index contributed by atoms with van der Waals surface area (Å²) in [4.78, 5) is 11.1. The number of esters is 1. The van der Waals surface area contributed by atoms with Crippen molar-refractivity contribution in [3.8, 4) is 0 Å². The molecular weight excluding hydrogens is 472 g/mol. The molecule has 2 rings (SSSR count). The van der Waals surface area contributed by atoms with Gasteiger partial charge in [0.1, 0.15) is 48.8 Å². The average molecular weight is 513 g/mol. The van der Waals surface area contributed by atoms with Crippen molar-refractivity contribution in [1.29, 1.82) is 0 Å². The first-order valence-electron chi connectivity index (χ1n) is 12.0. The molecule has 2 heterocycles. The van der Waals surface area contributed by atoms with Gasteiger partial charge in [-0.15, -0.1) is 0 Å². The van der Waals surface area contributed by atoms with Crippen LogP contribution in [0.25, 0.3) is 0 Å². The molecule has 0 unspecified atom stereocenters. The number of carbonyl (C=O) groups excluding carboxylic acids is 1. The molecule has 0 aromatic carbocycles. The van der Waals surface area contributed by atoms with E-state index in [2.05, 4.69) is 4.74 Å². The predicted octanol–water partition coefficient (Wildman–Crippen LogP) is -2.47. The number of unbranched alkanes of at least 4 members (excludes halogenated alkanes) is 5. The Kier molecular flexibility index (Phi) is 13.2. The number of methoxy groups -OCH3 is 1. The molecule has 13 heteroatoms. The van der Waals surface area contributed by atoms with Crippen molar-refractivity contribution in [2.75, 3.05) is 26.9 Å². The summed E-state index contributed by atoms with van der Waals surface area (Å²) in [7, 11) is 1.37. The highest BCUT2D eigenvalue weighted by Crippen LogP contribution is 2.29. The smallest absolute Gasteiger partial charge is 0.305 e. The van der Waals surface area contributed by atoms with Gasteiger partial charge in [0.05, 0.1) is 20.3 Å². The third-order valence-corrected chi connectivity index (χ3v) is 6.25. The molecule has 0 saturated carbocycles. The second kappa shape index (κ2) is 15.3. The summed E-state index contributed by atoms with van der Waals surface area (Å²) in [5.41, 5.74) is 0. The molecule has 7 N–H and O–H groups in total. The van der Waals surface area contributed by atoms with Gasteiger partial charge in [-0.1, -0.05) is 25.7 Å². The van der Waals surface area contributed by atoms with Crippen molar-refractivity contribution >= 4 is 5.97 Å². The van der Waals surface area contributed by atoms with E-state index in [1.165, 1.54) is 7.11 Å². The number of carbonyl (C=O) groups is 1. The maximum atomic E-state index is 11.1. The van der Waals surface area contributed by atoms with Crippen LogP contribution in [0.4, 0.5) is 0 Å². The SMILES string of the molecule is COC(=O)CCCCCCCCO[C@H]1O[C@H](CO)[C@@H](O[C@@H]2O[C@H](CO)[C@H](O)[C@H](O)[C@H]2O)[C@H](O)[C@H]1O. The van der Waals surface area contributed by atoms with E-state index in [0.29, 0.717) is 12.8 Å². The van der Waals surface area contributed by atoms with Crippen LogP contribution in [0.3, 0.4) is 0 Å². The lowest BCUT2D eigenvalue weighted by Gasteiger charge is -2.45. The summed E-state index contributed by atoms with van der Waals surface area (Å²) in [5, 5.41) is 70.0. The van der Waals surface area contributed by atoms with Gasteiger partial charge in [-0.05, 0) is 12.8 Å². The molecule has 2 aliphatic heterocycles. The van der Waals surface area contributed by atoms with Crippen LogP contribution < -0.4 is 0 Å². The molecule has 2 aliphatic rings. The molecule has 35 heavy (non-hydrogen) atoms. The largest absolute Gasteiger partial charge is 0.469 e. The van der Waals surface area contributed by atoms with Gasteiger partial charge in [-0.3, -0.25) is 4.79 Å². The van der Waals surface area contributed by atoms with Gasteiger partial charge in [-0.25, -0.2) is 0 Å². The highest BCUT2D eigenvalue weighted by Gasteiger charge is 2.50. The van der Waals surface area contributed by atoms with Crippen LogP contribution in [0.2, 0.25) is 0 Å². The molecule has 0 aromatic rings. The molecule has 0 amide bonds.